The number of hydrogen-bond acceptors (Lipinski definition) is 7. The first-order chi connectivity index (χ1) is 11.6. The average molecular weight is 326 g/mol. The summed E-state index contributed by atoms with van der Waals surface area (Å²) < 4.78 is 5.42. The van der Waals surface area contributed by atoms with Crippen LogP contribution in [0, 0.1) is 11.3 Å². The SMILES string of the molecule is CC(C)c1noc([C@@H](C)N2CCN(c3ccc(C#N)cn3)CC2)n1. The molecule has 0 bridgehead atoms. The van der Waals surface area contributed by atoms with Crippen LogP contribution in [0.2, 0.25) is 0 Å². The van der Waals surface area contributed by atoms with Gasteiger partial charge < -0.3 is 9.42 Å². The fourth-order valence-corrected chi connectivity index (χ4v) is 2.79. The molecule has 0 unspecified atom stereocenters. The van der Waals surface area contributed by atoms with Gasteiger partial charge in [0.15, 0.2) is 5.82 Å². The Morgan fingerprint density at radius 3 is 2.46 bits per heavy atom. The van der Waals surface area contributed by atoms with Gasteiger partial charge in [0.05, 0.1) is 11.6 Å². The van der Waals surface area contributed by atoms with Gasteiger partial charge >= 0.3 is 0 Å². The molecule has 2 aromatic heterocycles. The van der Waals surface area contributed by atoms with Crippen molar-refractivity contribution in [3.05, 3.63) is 35.6 Å². The lowest BCUT2D eigenvalue weighted by Crippen LogP contribution is -2.47. The molecule has 1 saturated heterocycles. The highest BCUT2D eigenvalue weighted by atomic mass is 16.5. The molecule has 1 atom stereocenters. The standard InChI is InChI=1S/C17H22N6O/c1-12(2)16-20-17(24-21-16)13(3)22-6-8-23(9-7-22)15-5-4-14(10-18)11-19-15/h4-5,11-13H,6-9H2,1-3H3/t13-/m1/s1. The predicted molar refractivity (Wildman–Crippen MR) is 89.5 cm³/mol. The highest BCUT2D eigenvalue weighted by molar-refractivity contribution is 5.42. The lowest BCUT2D eigenvalue weighted by Gasteiger charge is -2.37. The molecule has 0 saturated carbocycles. The van der Waals surface area contributed by atoms with E-state index in [9.17, 15) is 0 Å². The van der Waals surface area contributed by atoms with Gasteiger partial charge in [-0.05, 0) is 19.1 Å². The monoisotopic (exact) mass is 326 g/mol. The van der Waals surface area contributed by atoms with Gasteiger partial charge in [0.1, 0.15) is 11.9 Å². The summed E-state index contributed by atoms with van der Waals surface area (Å²) in [4.78, 5) is 13.5. The number of hydrogen-bond donors (Lipinski definition) is 0. The second-order valence-electron chi connectivity index (χ2n) is 6.36. The summed E-state index contributed by atoms with van der Waals surface area (Å²) in [7, 11) is 0. The van der Waals surface area contributed by atoms with Gasteiger partial charge in [-0.15, -0.1) is 0 Å². The summed E-state index contributed by atoms with van der Waals surface area (Å²) >= 11 is 0. The molecule has 3 rings (SSSR count). The molecule has 126 valence electrons. The van der Waals surface area contributed by atoms with Crippen LogP contribution in [0.5, 0.6) is 0 Å². The molecule has 0 aliphatic carbocycles. The van der Waals surface area contributed by atoms with Crippen molar-refractivity contribution in [2.75, 3.05) is 31.1 Å². The molecule has 2 aromatic rings. The van der Waals surface area contributed by atoms with Gasteiger partial charge in [0, 0.05) is 38.3 Å². The zero-order valence-electron chi connectivity index (χ0n) is 14.3. The molecule has 0 aromatic carbocycles. The van der Waals surface area contributed by atoms with E-state index in [1.165, 1.54) is 0 Å². The molecule has 0 N–H and O–H groups in total. The zero-order valence-corrected chi connectivity index (χ0v) is 14.3. The van der Waals surface area contributed by atoms with E-state index in [0.717, 1.165) is 37.8 Å². The maximum Gasteiger partial charge on any atom is 0.243 e. The summed E-state index contributed by atoms with van der Waals surface area (Å²) in [6, 6.07) is 5.92. The highest BCUT2D eigenvalue weighted by Gasteiger charge is 2.26. The Labute approximate surface area is 141 Å². The van der Waals surface area contributed by atoms with Gasteiger partial charge in [-0.3, -0.25) is 4.90 Å². The molecule has 1 aliphatic heterocycles. The maximum absolute atomic E-state index is 8.85. The highest BCUT2D eigenvalue weighted by Crippen LogP contribution is 2.23. The molecule has 1 fully saturated rings. The smallest absolute Gasteiger partial charge is 0.243 e. The van der Waals surface area contributed by atoms with Gasteiger partial charge in [0.25, 0.3) is 0 Å². The number of nitriles is 1. The van der Waals surface area contributed by atoms with E-state index in [1.807, 2.05) is 12.1 Å². The Balaban J connectivity index is 1.60. The maximum atomic E-state index is 8.85. The van der Waals surface area contributed by atoms with E-state index in [1.54, 1.807) is 6.20 Å². The molecule has 24 heavy (non-hydrogen) atoms. The molecular weight excluding hydrogens is 304 g/mol. The number of anilines is 1. The van der Waals surface area contributed by atoms with E-state index >= 15 is 0 Å². The van der Waals surface area contributed by atoms with Crippen LogP contribution in [0.4, 0.5) is 5.82 Å². The molecular formula is C17H22N6O. The minimum Gasteiger partial charge on any atom is -0.354 e. The van der Waals surface area contributed by atoms with Crippen LogP contribution in [-0.4, -0.2) is 46.2 Å². The third-order valence-corrected chi connectivity index (χ3v) is 4.39. The first-order valence-electron chi connectivity index (χ1n) is 8.27. The fourth-order valence-electron chi connectivity index (χ4n) is 2.79. The summed E-state index contributed by atoms with van der Waals surface area (Å²) in [6.07, 6.45) is 1.62. The lowest BCUT2D eigenvalue weighted by molar-refractivity contribution is 0.164. The van der Waals surface area contributed by atoms with Crippen molar-refractivity contribution in [1.82, 2.24) is 20.0 Å². The van der Waals surface area contributed by atoms with Crippen LogP contribution in [0.3, 0.4) is 0 Å². The van der Waals surface area contributed by atoms with Gasteiger partial charge in [-0.25, -0.2) is 4.98 Å². The molecule has 0 amide bonds. The van der Waals surface area contributed by atoms with Gasteiger partial charge in [0.2, 0.25) is 5.89 Å². The fraction of sp³-hybridized carbons (Fsp3) is 0.529. The third kappa shape index (κ3) is 3.39. The van der Waals surface area contributed by atoms with Crippen molar-refractivity contribution < 1.29 is 4.52 Å². The van der Waals surface area contributed by atoms with Crippen molar-refractivity contribution in [1.29, 1.82) is 5.26 Å². The number of aromatic nitrogens is 3. The Morgan fingerprint density at radius 1 is 1.17 bits per heavy atom. The normalized spacial score (nSPS) is 17.0. The van der Waals surface area contributed by atoms with E-state index < -0.39 is 0 Å². The van der Waals surface area contributed by atoms with Gasteiger partial charge in [-0.2, -0.15) is 10.2 Å². The average Bonchev–Trinajstić information content (AvgIpc) is 3.12. The van der Waals surface area contributed by atoms with Crippen molar-refractivity contribution in [3.8, 4) is 6.07 Å². The van der Waals surface area contributed by atoms with Crippen LogP contribution in [0.15, 0.2) is 22.9 Å². The van der Waals surface area contributed by atoms with Crippen LogP contribution in [0.25, 0.3) is 0 Å². The summed E-state index contributed by atoms with van der Waals surface area (Å²) in [5.74, 6) is 2.64. The van der Waals surface area contributed by atoms with Gasteiger partial charge in [-0.1, -0.05) is 19.0 Å². The van der Waals surface area contributed by atoms with Crippen molar-refractivity contribution >= 4 is 5.82 Å². The number of piperazine rings is 1. The van der Waals surface area contributed by atoms with Crippen LogP contribution < -0.4 is 4.90 Å². The van der Waals surface area contributed by atoms with Crippen molar-refractivity contribution in [3.63, 3.8) is 0 Å². The quantitative estimate of drug-likeness (QED) is 0.853. The Kier molecular flexibility index (Phi) is 4.76. The third-order valence-electron chi connectivity index (χ3n) is 4.39. The van der Waals surface area contributed by atoms with E-state index in [0.29, 0.717) is 11.5 Å². The Hall–Kier alpha value is -2.46. The number of rotatable bonds is 4. The molecule has 0 radical (unpaired) electrons. The summed E-state index contributed by atoms with van der Waals surface area (Å²) in [5.41, 5.74) is 0.586. The zero-order chi connectivity index (χ0) is 17.1. The van der Waals surface area contributed by atoms with Crippen LogP contribution in [-0.2, 0) is 0 Å². The summed E-state index contributed by atoms with van der Waals surface area (Å²) in [5, 5.41) is 12.9. The molecule has 7 nitrogen and oxygen atoms in total. The minimum atomic E-state index is 0.112. The van der Waals surface area contributed by atoms with Crippen molar-refractivity contribution in [2.24, 2.45) is 0 Å². The molecule has 1 aliphatic rings. The molecule has 7 heteroatoms. The predicted octanol–water partition coefficient (Wildman–Crippen LogP) is 2.34. The first kappa shape index (κ1) is 16.4. The van der Waals surface area contributed by atoms with E-state index in [4.69, 9.17) is 9.78 Å². The lowest BCUT2D eigenvalue weighted by atomic mass is 10.2. The summed E-state index contributed by atoms with van der Waals surface area (Å²) in [6.45, 7) is 9.80. The van der Waals surface area contributed by atoms with E-state index in [2.05, 4.69) is 51.8 Å². The Bertz CT molecular complexity index is 709. The Morgan fingerprint density at radius 2 is 1.92 bits per heavy atom. The first-order valence-corrected chi connectivity index (χ1v) is 8.27. The molecule has 3 heterocycles. The van der Waals surface area contributed by atoms with Crippen LogP contribution >= 0.6 is 0 Å². The van der Waals surface area contributed by atoms with E-state index in [-0.39, 0.29) is 12.0 Å². The second-order valence-corrected chi connectivity index (χ2v) is 6.36. The largest absolute Gasteiger partial charge is 0.354 e. The second kappa shape index (κ2) is 6.97. The number of pyridine rings is 1. The number of nitrogens with zero attached hydrogens (tertiary/aromatic N) is 6. The topological polar surface area (TPSA) is 82.1 Å². The van der Waals surface area contributed by atoms with Crippen LogP contribution in [0.1, 0.15) is 50.0 Å². The van der Waals surface area contributed by atoms with Crippen molar-refractivity contribution in [2.45, 2.75) is 32.7 Å². The minimum absolute atomic E-state index is 0.112. The molecule has 0 spiro atoms.